The van der Waals surface area contributed by atoms with E-state index in [-0.39, 0.29) is 12.0 Å². The van der Waals surface area contributed by atoms with E-state index >= 15 is 0 Å². The molecule has 2 heteroatoms. The van der Waals surface area contributed by atoms with Crippen LogP contribution in [-0.4, -0.2) is 36.2 Å². The monoisotopic (exact) mass is 199 g/mol. The molecule has 1 fully saturated rings. The molecule has 0 aromatic heterocycles. The summed E-state index contributed by atoms with van der Waals surface area (Å²) < 4.78 is 0. The molecule has 0 aromatic carbocycles. The van der Waals surface area contributed by atoms with Gasteiger partial charge in [0.25, 0.3) is 0 Å². The second kappa shape index (κ2) is 5.13. The molecule has 0 aliphatic heterocycles. The Morgan fingerprint density at radius 1 is 1.21 bits per heavy atom. The molecule has 0 bridgehead atoms. The van der Waals surface area contributed by atoms with Crippen LogP contribution in [-0.2, 0) is 0 Å². The lowest BCUT2D eigenvalue weighted by Crippen LogP contribution is -2.41. The summed E-state index contributed by atoms with van der Waals surface area (Å²) in [5, 5.41) is 9.21. The molecule has 0 heterocycles. The van der Waals surface area contributed by atoms with E-state index in [1.807, 2.05) is 0 Å². The van der Waals surface area contributed by atoms with Crippen molar-refractivity contribution in [2.75, 3.05) is 20.2 Å². The summed E-state index contributed by atoms with van der Waals surface area (Å²) in [4.78, 5) is 2.44. The predicted octanol–water partition coefficient (Wildman–Crippen LogP) is 2.27. The minimum atomic E-state index is 0.0478. The maximum atomic E-state index is 9.21. The van der Waals surface area contributed by atoms with Crippen LogP contribution in [0.2, 0.25) is 0 Å². The Labute approximate surface area is 88.3 Å². The van der Waals surface area contributed by atoms with Crippen molar-refractivity contribution >= 4 is 0 Å². The van der Waals surface area contributed by atoms with Crippen LogP contribution in [0.3, 0.4) is 0 Å². The molecule has 1 aliphatic rings. The van der Waals surface area contributed by atoms with Gasteiger partial charge in [-0.3, -0.25) is 0 Å². The van der Waals surface area contributed by atoms with Crippen molar-refractivity contribution in [3.05, 3.63) is 0 Å². The van der Waals surface area contributed by atoms with Gasteiger partial charge in [-0.15, -0.1) is 0 Å². The van der Waals surface area contributed by atoms with Gasteiger partial charge in [0.2, 0.25) is 0 Å². The lowest BCUT2D eigenvalue weighted by Gasteiger charge is -2.36. The molecule has 0 atom stereocenters. The molecule has 0 saturated heterocycles. The van der Waals surface area contributed by atoms with Crippen LogP contribution in [0.1, 0.15) is 46.0 Å². The zero-order valence-electron chi connectivity index (χ0n) is 9.92. The number of aliphatic hydroxyl groups is 1. The Hall–Kier alpha value is -0.0800. The maximum Gasteiger partial charge on any atom is 0.0494 e. The first-order valence-corrected chi connectivity index (χ1v) is 5.86. The Bertz CT molecular complexity index is 162. The van der Waals surface area contributed by atoms with Gasteiger partial charge in [0.05, 0.1) is 0 Å². The minimum Gasteiger partial charge on any atom is -0.396 e. The van der Waals surface area contributed by atoms with Gasteiger partial charge in [0.15, 0.2) is 0 Å². The second-order valence-corrected chi connectivity index (χ2v) is 5.53. The maximum absolute atomic E-state index is 9.21. The van der Waals surface area contributed by atoms with E-state index in [0.717, 1.165) is 12.6 Å². The summed E-state index contributed by atoms with van der Waals surface area (Å²) in [6, 6.07) is 0.759. The van der Waals surface area contributed by atoms with Gasteiger partial charge in [0.1, 0.15) is 0 Å². The van der Waals surface area contributed by atoms with Crippen LogP contribution >= 0.6 is 0 Å². The molecule has 0 aromatic rings. The number of hydrogen-bond acceptors (Lipinski definition) is 2. The van der Waals surface area contributed by atoms with E-state index in [1.165, 1.54) is 32.1 Å². The second-order valence-electron chi connectivity index (χ2n) is 5.53. The summed E-state index contributed by atoms with van der Waals surface area (Å²) in [7, 11) is 2.20. The molecule has 1 aliphatic carbocycles. The third-order valence-corrected chi connectivity index (χ3v) is 3.30. The first-order chi connectivity index (χ1) is 6.55. The summed E-state index contributed by atoms with van der Waals surface area (Å²) >= 11 is 0. The highest BCUT2D eigenvalue weighted by Crippen LogP contribution is 2.24. The van der Waals surface area contributed by atoms with E-state index in [4.69, 9.17) is 0 Å². The van der Waals surface area contributed by atoms with Crippen molar-refractivity contribution in [3.8, 4) is 0 Å². The van der Waals surface area contributed by atoms with Crippen molar-refractivity contribution in [1.82, 2.24) is 4.90 Å². The van der Waals surface area contributed by atoms with Crippen LogP contribution in [0.4, 0.5) is 0 Å². The Morgan fingerprint density at radius 2 is 1.79 bits per heavy atom. The highest BCUT2D eigenvalue weighted by molar-refractivity contribution is 4.78. The van der Waals surface area contributed by atoms with Crippen LogP contribution in [0.5, 0.6) is 0 Å². The van der Waals surface area contributed by atoms with Crippen molar-refractivity contribution in [1.29, 1.82) is 0 Å². The molecular weight excluding hydrogens is 174 g/mol. The van der Waals surface area contributed by atoms with Gasteiger partial charge in [-0.2, -0.15) is 0 Å². The van der Waals surface area contributed by atoms with E-state index in [1.54, 1.807) is 0 Å². The SMILES string of the molecule is CN(CC(C)(C)CO)C1CCCCC1. The third kappa shape index (κ3) is 3.58. The predicted molar refractivity (Wildman–Crippen MR) is 60.4 cm³/mol. The molecule has 0 spiro atoms. The highest BCUT2D eigenvalue weighted by atomic mass is 16.3. The highest BCUT2D eigenvalue weighted by Gasteiger charge is 2.24. The van der Waals surface area contributed by atoms with Crippen molar-refractivity contribution in [2.45, 2.75) is 52.0 Å². The van der Waals surface area contributed by atoms with Crippen LogP contribution in [0.15, 0.2) is 0 Å². The third-order valence-electron chi connectivity index (χ3n) is 3.30. The molecule has 1 N–H and O–H groups in total. The molecule has 1 rings (SSSR count). The summed E-state index contributed by atoms with van der Waals surface area (Å²) in [6.07, 6.45) is 6.87. The Balaban J connectivity index is 2.36. The minimum absolute atomic E-state index is 0.0478. The van der Waals surface area contributed by atoms with E-state index in [9.17, 15) is 5.11 Å². The van der Waals surface area contributed by atoms with Gasteiger partial charge in [-0.25, -0.2) is 0 Å². The molecule has 0 radical (unpaired) electrons. The summed E-state index contributed by atoms with van der Waals surface area (Å²) in [5.74, 6) is 0. The topological polar surface area (TPSA) is 23.5 Å². The fraction of sp³-hybridized carbons (Fsp3) is 1.00. The smallest absolute Gasteiger partial charge is 0.0494 e. The fourth-order valence-electron chi connectivity index (χ4n) is 2.38. The normalized spacial score (nSPS) is 20.4. The van der Waals surface area contributed by atoms with Crippen molar-refractivity contribution in [2.24, 2.45) is 5.41 Å². The summed E-state index contributed by atoms with van der Waals surface area (Å²) in [5.41, 5.74) is 0.0478. The number of hydrogen-bond donors (Lipinski definition) is 1. The molecular formula is C12H25NO. The van der Waals surface area contributed by atoms with Crippen molar-refractivity contribution < 1.29 is 5.11 Å². The zero-order chi connectivity index (χ0) is 10.6. The van der Waals surface area contributed by atoms with E-state index in [2.05, 4.69) is 25.8 Å². The van der Waals surface area contributed by atoms with Crippen LogP contribution < -0.4 is 0 Å². The van der Waals surface area contributed by atoms with Gasteiger partial charge in [-0.05, 0) is 19.9 Å². The molecule has 2 nitrogen and oxygen atoms in total. The molecule has 1 saturated carbocycles. The molecule has 0 amide bonds. The fourth-order valence-corrected chi connectivity index (χ4v) is 2.38. The molecule has 0 unspecified atom stereocenters. The van der Waals surface area contributed by atoms with Crippen molar-refractivity contribution in [3.63, 3.8) is 0 Å². The Morgan fingerprint density at radius 3 is 2.29 bits per heavy atom. The lowest BCUT2D eigenvalue weighted by atomic mass is 9.90. The number of aliphatic hydroxyl groups excluding tert-OH is 1. The average Bonchev–Trinajstić information content (AvgIpc) is 2.19. The largest absolute Gasteiger partial charge is 0.396 e. The number of rotatable bonds is 4. The quantitative estimate of drug-likeness (QED) is 0.751. The van der Waals surface area contributed by atoms with Gasteiger partial charge >= 0.3 is 0 Å². The van der Waals surface area contributed by atoms with E-state index in [0.29, 0.717) is 0 Å². The Kier molecular flexibility index (Phi) is 4.39. The standard InChI is InChI=1S/C12H25NO/c1-12(2,10-14)9-13(3)11-7-5-4-6-8-11/h11,14H,4-10H2,1-3H3. The first-order valence-electron chi connectivity index (χ1n) is 5.86. The zero-order valence-corrected chi connectivity index (χ0v) is 9.92. The lowest BCUT2D eigenvalue weighted by molar-refractivity contribution is 0.0833. The van der Waals surface area contributed by atoms with Gasteiger partial charge in [0, 0.05) is 24.6 Å². The van der Waals surface area contributed by atoms with Crippen LogP contribution in [0, 0.1) is 5.41 Å². The molecule has 14 heavy (non-hydrogen) atoms. The van der Waals surface area contributed by atoms with Crippen LogP contribution in [0.25, 0.3) is 0 Å². The first kappa shape index (κ1) is 12.0. The molecule has 84 valence electrons. The van der Waals surface area contributed by atoms with Gasteiger partial charge in [-0.1, -0.05) is 33.1 Å². The summed E-state index contributed by atoms with van der Waals surface area (Å²) in [6.45, 7) is 5.55. The number of nitrogens with zero attached hydrogens (tertiary/aromatic N) is 1. The average molecular weight is 199 g/mol. The van der Waals surface area contributed by atoms with Gasteiger partial charge < -0.3 is 10.0 Å². The van der Waals surface area contributed by atoms with E-state index < -0.39 is 0 Å².